The largest absolute Gasteiger partial charge is 0.465 e. The average molecular weight is 399 g/mol. The van der Waals surface area contributed by atoms with Crippen LogP contribution in [-0.4, -0.2) is 77.0 Å². The highest BCUT2D eigenvalue weighted by molar-refractivity contribution is 5.65. The van der Waals surface area contributed by atoms with E-state index in [0.29, 0.717) is 30.7 Å². The van der Waals surface area contributed by atoms with Gasteiger partial charge in [0.1, 0.15) is 0 Å². The van der Waals surface area contributed by atoms with E-state index < -0.39 is 6.09 Å². The van der Waals surface area contributed by atoms with E-state index in [4.69, 9.17) is 9.63 Å². The molecular formula is C21H29N5O3. The van der Waals surface area contributed by atoms with Crippen molar-refractivity contribution in [1.82, 2.24) is 19.9 Å². The molecule has 1 aromatic carbocycles. The third kappa shape index (κ3) is 4.87. The second kappa shape index (κ2) is 8.82. The molecule has 0 atom stereocenters. The Balaban J connectivity index is 1.21. The summed E-state index contributed by atoms with van der Waals surface area (Å²) in [5.41, 5.74) is 2.20. The standard InChI is InChI=1S/C21H29N5O3/c1-16-22-20(23-29-16)18-2-4-19(5-3-18)25-14-12-24(13-15-25)9-6-17-7-10-26(11-8-17)21(27)28/h2-5,17H,6-15H2,1H3,(H,27,28). The second-order valence-corrected chi connectivity index (χ2v) is 8.01. The molecule has 156 valence electrons. The van der Waals surface area contributed by atoms with Gasteiger partial charge in [0.05, 0.1) is 0 Å². The number of aromatic nitrogens is 2. The Morgan fingerprint density at radius 3 is 2.38 bits per heavy atom. The van der Waals surface area contributed by atoms with Gasteiger partial charge in [-0.1, -0.05) is 5.16 Å². The molecule has 1 N–H and O–H groups in total. The number of carbonyl (C=O) groups is 1. The van der Waals surface area contributed by atoms with Crippen LogP contribution in [0, 0.1) is 12.8 Å². The van der Waals surface area contributed by atoms with Gasteiger partial charge in [-0.05, 0) is 56.0 Å². The van der Waals surface area contributed by atoms with E-state index >= 15 is 0 Å². The van der Waals surface area contributed by atoms with Crippen LogP contribution in [0.5, 0.6) is 0 Å². The average Bonchev–Trinajstić information content (AvgIpc) is 3.19. The minimum atomic E-state index is -0.778. The molecular weight excluding hydrogens is 370 g/mol. The topological polar surface area (TPSA) is 85.9 Å². The van der Waals surface area contributed by atoms with E-state index in [0.717, 1.165) is 51.1 Å². The Kier molecular flexibility index (Phi) is 5.99. The molecule has 0 aliphatic carbocycles. The number of rotatable bonds is 5. The van der Waals surface area contributed by atoms with Gasteiger partial charge in [0.2, 0.25) is 11.7 Å². The summed E-state index contributed by atoms with van der Waals surface area (Å²) >= 11 is 0. The van der Waals surface area contributed by atoms with E-state index in [9.17, 15) is 4.79 Å². The van der Waals surface area contributed by atoms with Gasteiger partial charge in [0.25, 0.3) is 0 Å². The smallest absolute Gasteiger partial charge is 0.407 e. The molecule has 8 nitrogen and oxygen atoms in total. The Bertz CT molecular complexity index is 806. The molecule has 2 fully saturated rings. The molecule has 0 spiro atoms. The predicted octanol–water partition coefficient (Wildman–Crippen LogP) is 2.95. The zero-order valence-electron chi connectivity index (χ0n) is 17.0. The normalized spacial score (nSPS) is 18.9. The first-order valence-electron chi connectivity index (χ1n) is 10.4. The van der Waals surface area contributed by atoms with Crippen LogP contribution in [0.25, 0.3) is 11.4 Å². The summed E-state index contributed by atoms with van der Waals surface area (Å²) in [7, 11) is 0. The number of aryl methyl sites for hydroxylation is 1. The molecule has 0 unspecified atom stereocenters. The van der Waals surface area contributed by atoms with Gasteiger partial charge in [0.15, 0.2) is 0 Å². The van der Waals surface area contributed by atoms with Crippen LogP contribution in [0.15, 0.2) is 28.8 Å². The minimum Gasteiger partial charge on any atom is -0.465 e. The fraction of sp³-hybridized carbons (Fsp3) is 0.571. The predicted molar refractivity (Wildman–Crippen MR) is 110 cm³/mol. The molecule has 1 aromatic heterocycles. The third-order valence-corrected chi connectivity index (χ3v) is 6.13. The maximum Gasteiger partial charge on any atom is 0.407 e. The Hall–Kier alpha value is -2.61. The molecule has 2 aromatic rings. The van der Waals surface area contributed by atoms with Gasteiger partial charge in [-0.15, -0.1) is 0 Å². The molecule has 0 saturated carbocycles. The summed E-state index contributed by atoms with van der Waals surface area (Å²) < 4.78 is 5.05. The van der Waals surface area contributed by atoms with Crippen LogP contribution in [0.2, 0.25) is 0 Å². The van der Waals surface area contributed by atoms with Crippen molar-refractivity contribution in [2.45, 2.75) is 26.2 Å². The summed E-state index contributed by atoms with van der Waals surface area (Å²) in [6.45, 7) is 8.47. The summed E-state index contributed by atoms with van der Waals surface area (Å²) in [6.07, 6.45) is 2.39. The van der Waals surface area contributed by atoms with Crippen LogP contribution >= 0.6 is 0 Å². The fourth-order valence-corrected chi connectivity index (χ4v) is 4.25. The number of carboxylic acid groups (broad SMARTS) is 1. The van der Waals surface area contributed by atoms with Crippen molar-refractivity contribution in [3.63, 3.8) is 0 Å². The van der Waals surface area contributed by atoms with Crippen LogP contribution < -0.4 is 4.90 Å². The van der Waals surface area contributed by atoms with Gasteiger partial charge in [-0.25, -0.2) is 4.79 Å². The lowest BCUT2D eigenvalue weighted by Gasteiger charge is -2.37. The van der Waals surface area contributed by atoms with Crippen molar-refractivity contribution in [3.8, 4) is 11.4 Å². The molecule has 29 heavy (non-hydrogen) atoms. The molecule has 0 bridgehead atoms. The van der Waals surface area contributed by atoms with E-state index in [1.54, 1.807) is 11.8 Å². The van der Waals surface area contributed by atoms with E-state index in [1.807, 2.05) is 0 Å². The SMILES string of the molecule is Cc1nc(-c2ccc(N3CCN(CCC4CCN(C(=O)O)CC4)CC3)cc2)no1. The highest BCUT2D eigenvalue weighted by Gasteiger charge is 2.23. The maximum atomic E-state index is 11.0. The number of hydrogen-bond acceptors (Lipinski definition) is 6. The van der Waals surface area contributed by atoms with Crippen molar-refractivity contribution in [1.29, 1.82) is 0 Å². The Labute approximate surface area is 171 Å². The molecule has 2 aliphatic heterocycles. The number of piperazine rings is 1. The fourth-order valence-electron chi connectivity index (χ4n) is 4.25. The van der Waals surface area contributed by atoms with Gasteiger partial charge in [-0.2, -0.15) is 4.98 Å². The van der Waals surface area contributed by atoms with Crippen molar-refractivity contribution < 1.29 is 14.4 Å². The molecule has 4 rings (SSSR count). The summed E-state index contributed by atoms with van der Waals surface area (Å²) in [5.74, 6) is 1.87. The third-order valence-electron chi connectivity index (χ3n) is 6.13. The highest BCUT2D eigenvalue weighted by Crippen LogP contribution is 2.24. The van der Waals surface area contributed by atoms with Crippen LogP contribution in [0.4, 0.5) is 10.5 Å². The number of amides is 1. The molecule has 2 saturated heterocycles. The van der Waals surface area contributed by atoms with Crippen molar-refractivity contribution in [2.24, 2.45) is 5.92 Å². The molecule has 8 heteroatoms. The monoisotopic (exact) mass is 399 g/mol. The second-order valence-electron chi connectivity index (χ2n) is 8.01. The number of nitrogens with zero attached hydrogens (tertiary/aromatic N) is 5. The lowest BCUT2D eigenvalue weighted by molar-refractivity contribution is 0.119. The van der Waals surface area contributed by atoms with E-state index in [1.165, 1.54) is 12.1 Å². The van der Waals surface area contributed by atoms with Gasteiger partial charge in [-0.3, -0.25) is 4.90 Å². The van der Waals surface area contributed by atoms with Gasteiger partial charge >= 0.3 is 6.09 Å². The maximum absolute atomic E-state index is 11.0. The lowest BCUT2D eigenvalue weighted by Crippen LogP contribution is -2.47. The number of hydrogen-bond donors (Lipinski definition) is 1. The molecule has 1 amide bonds. The Morgan fingerprint density at radius 2 is 1.79 bits per heavy atom. The minimum absolute atomic E-state index is 0.577. The zero-order chi connectivity index (χ0) is 20.2. The summed E-state index contributed by atoms with van der Waals surface area (Å²) in [5, 5.41) is 13.0. The quantitative estimate of drug-likeness (QED) is 0.827. The number of likely N-dealkylation sites (tertiary alicyclic amines) is 1. The summed E-state index contributed by atoms with van der Waals surface area (Å²) in [4.78, 5) is 21.8. The number of piperidine rings is 1. The zero-order valence-corrected chi connectivity index (χ0v) is 17.0. The van der Waals surface area contributed by atoms with Crippen molar-refractivity contribution >= 4 is 11.8 Å². The number of benzene rings is 1. The van der Waals surface area contributed by atoms with Crippen molar-refractivity contribution in [2.75, 3.05) is 50.7 Å². The van der Waals surface area contributed by atoms with Crippen LogP contribution in [-0.2, 0) is 0 Å². The lowest BCUT2D eigenvalue weighted by atomic mass is 9.93. The van der Waals surface area contributed by atoms with E-state index in [-0.39, 0.29) is 0 Å². The van der Waals surface area contributed by atoms with Crippen molar-refractivity contribution in [3.05, 3.63) is 30.2 Å². The Morgan fingerprint density at radius 1 is 1.10 bits per heavy atom. The number of anilines is 1. The first kappa shape index (κ1) is 19.7. The van der Waals surface area contributed by atoms with E-state index in [2.05, 4.69) is 44.2 Å². The van der Waals surface area contributed by atoms with Gasteiger partial charge in [0, 0.05) is 57.4 Å². The molecule has 3 heterocycles. The first-order valence-corrected chi connectivity index (χ1v) is 10.4. The summed E-state index contributed by atoms with van der Waals surface area (Å²) in [6, 6.07) is 8.37. The van der Waals surface area contributed by atoms with Crippen LogP contribution in [0.1, 0.15) is 25.2 Å². The first-order chi connectivity index (χ1) is 14.1. The highest BCUT2D eigenvalue weighted by atomic mass is 16.5. The molecule has 2 aliphatic rings. The van der Waals surface area contributed by atoms with Crippen LogP contribution in [0.3, 0.4) is 0 Å². The molecule has 0 radical (unpaired) electrons. The van der Waals surface area contributed by atoms with Gasteiger partial charge < -0.3 is 19.4 Å².